The van der Waals surface area contributed by atoms with Crippen molar-refractivity contribution in [1.29, 1.82) is 0 Å². The monoisotopic (exact) mass is 308 g/mol. The Morgan fingerprint density at radius 3 is 2.90 bits per heavy atom. The number of rotatable bonds is 3. The highest BCUT2D eigenvalue weighted by Crippen LogP contribution is 2.28. The third kappa shape index (κ3) is 2.46. The number of hydrogen-bond acceptors (Lipinski definition) is 5. The molecule has 1 fully saturated rings. The first-order chi connectivity index (χ1) is 9.65. The summed E-state index contributed by atoms with van der Waals surface area (Å²) in [7, 11) is 0. The Morgan fingerprint density at radius 2 is 2.25 bits per heavy atom. The number of amides is 1. The van der Waals surface area contributed by atoms with Gasteiger partial charge in [-0.05, 0) is 17.9 Å². The fraction of sp³-hybridized carbons (Fsp3) is 0.308. The molecule has 7 heteroatoms. The number of nitrogens with zero attached hydrogens (tertiary/aromatic N) is 2. The summed E-state index contributed by atoms with van der Waals surface area (Å²) in [4.78, 5) is 30.2. The maximum Gasteiger partial charge on any atom is 0.308 e. The second kappa shape index (κ2) is 5.34. The summed E-state index contributed by atoms with van der Waals surface area (Å²) in [6.45, 7) is 0.766. The number of carboxylic acids is 1. The van der Waals surface area contributed by atoms with Crippen LogP contribution < -0.4 is 0 Å². The number of aromatic nitrogens is 1. The zero-order valence-corrected chi connectivity index (χ0v) is 12.1. The van der Waals surface area contributed by atoms with Gasteiger partial charge in [-0.2, -0.15) is 0 Å². The SMILES string of the molecule is O=C(O)C1CCN(C(=O)c2csc(-c3cccs3)n2)C1. The quantitative estimate of drug-likeness (QED) is 0.945. The molecule has 5 nitrogen and oxygen atoms in total. The van der Waals surface area contributed by atoms with E-state index in [9.17, 15) is 9.59 Å². The van der Waals surface area contributed by atoms with E-state index in [1.165, 1.54) is 11.3 Å². The summed E-state index contributed by atoms with van der Waals surface area (Å²) in [5, 5.41) is 13.5. The van der Waals surface area contributed by atoms with Gasteiger partial charge in [0.05, 0.1) is 10.8 Å². The fourth-order valence-corrected chi connectivity index (χ4v) is 3.80. The van der Waals surface area contributed by atoms with Gasteiger partial charge >= 0.3 is 5.97 Å². The molecule has 1 atom stereocenters. The molecule has 1 saturated heterocycles. The molecule has 1 unspecified atom stereocenters. The summed E-state index contributed by atoms with van der Waals surface area (Å²) in [6, 6.07) is 3.91. The largest absolute Gasteiger partial charge is 0.481 e. The number of hydrogen-bond donors (Lipinski definition) is 1. The average molecular weight is 308 g/mol. The lowest BCUT2D eigenvalue weighted by atomic mass is 10.1. The van der Waals surface area contributed by atoms with Crippen molar-refractivity contribution in [2.24, 2.45) is 5.92 Å². The topological polar surface area (TPSA) is 70.5 Å². The van der Waals surface area contributed by atoms with Gasteiger partial charge in [-0.1, -0.05) is 6.07 Å². The zero-order valence-electron chi connectivity index (χ0n) is 10.5. The van der Waals surface area contributed by atoms with Gasteiger partial charge in [-0.25, -0.2) is 4.98 Å². The minimum atomic E-state index is -0.835. The molecule has 0 aromatic carbocycles. The van der Waals surface area contributed by atoms with Crippen LogP contribution in [0.15, 0.2) is 22.9 Å². The third-order valence-electron chi connectivity index (χ3n) is 3.28. The number of likely N-dealkylation sites (tertiary alicyclic amines) is 1. The predicted molar refractivity (Wildman–Crippen MR) is 77.1 cm³/mol. The van der Waals surface area contributed by atoms with Crippen molar-refractivity contribution in [3.8, 4) is 9.88 Å². The second-order valence-corrected chi connectivity index (χ2v) is 6.40. The number of carbonyl (C=O) groups is 2. The van der Waals surface area contributed by atoms with Gasteiger partial charge in [0, 0.05) is 18.5 Å². The highest BCUT2D eigenvalue weighted by Gasteiger charge is 2.32. The van der Waals surface area contributed by atoms with Crippen LogP contribution >= 0.6 is 22.7 Å². The van der Waals surface area contributed by atoms with Crippen molar-refractivity contribution < 1.29 is 14.7 Å². The van der Waals surface area contributed by atoms with Gasteiger partial charge in [0.2, 0.25) is 0 Å². The van der Waals surface area contributed by atoms with Crippen molar-refractivity contribution in [3.63, 3.8) is 0 Å². The minimum Gasteiger partial charge on any atom is -0.481 e. The van der Waals surface area contributed by atoms with Crippen LogP contribution in [0.2, 0.25) is 0 Å². The molecule has 0 radical (unpaired) electrons. The Kier molecular flexibility index (Phi) is 3.54. The van der Waals surface area contributed by atoms with Gasteiger partial charge in [-0.15, -0.1) is 22.7 Å². The van der Waals surface area contributed by atoms with E-state index in [-0.39, 0.29) is 12.5 Å². The van der Waals surface area contributed by atoms with E-state index in [1.807, 2.05) is 17.5 Å². The molecule has 3 rings (SSSR count). The van der Waals surface area contributed by atoms with E-state index < -0.39 is 11.9 Å². The molecule has 0 spiro atoms. The normalized spacial score (nSPS) is 18.4. The summed E-state index contributed by atoms with van der Waals surface area (Å²) in [6.07, 6.45) is 0.517. The average Bonchev–Trinajstić information content (AvgIpc) is 3.17. The molecule has 1 aliphatic rings. The fourth-order valence-electron chi connectivity index (χ4n) is 2.19. The molecule has 0 bridgehead atoms. The number of aliphatic carboxylic acids is 1. The van der Waals surface area contributed by atoms with Gasteiger partial charge < -0.3 is 10.0 Å². The Labute approximate surface area is 123 Å². The Bertz CT molecular complexity index is 636. The summed E-state index contributed by atoms with van der Waals surface area (Å²) >= 11 is 3.02. The van der Waals surface area contributed by atoms with Crippen molar-refractivity contribution in [2.45, 2.75) is 6.42 Å². The van der Waals surface area contributed by atoms with Crippen molar-refractivity contribution in [1.82, 2.24) is 9.88 Å². The maximum atomic E-state index is 12.3. The molecule has 3 heterocycles. The van der Waals surface area contributed by atoms with E-state index in [0.717, 1.165) is 9.88 Å². The molecule has 2 aromatic heterocycles. The summed E-state index contributed by atoms with van der Waals surface area (Å²) in [5.74, 6) is -1.46. The van der Waals surface area contributed by atoms with Crippen LogP contribution in [0.4, 0.5) is 0 Å². The number of thiophene rings is 1. The van der Waals surface area contributed by atoms with Crippen LogP contribution in [-0.2, 0) is 4.79 Å². The number of carboxylic acid groups (broad SMARTS) is 1. The molecule has 0 aliphatic carbocycles. The molecule has 1 N–H and O–H groups in total. The van der Waals surface area contributed by atoms with E-state index in [2.05, 4.69) is 4.98 Å². The van der Waals surface area contributed by atoms with Gasteiger partial charge in [0.1, 0.15) is 10.7 Å². The highest BCUT2D eigenvalue weighted by molar-refractivity contribution is 7.20. The lowest BCUT2D eigenvalue weighted by Gasteiger charge is -2.13. The van der Waals surface area contributed by atoms with Crippen molar-refractivity contribution in [2.75, 3.05) is 13.1 Å². The summed E-state index contributed by atoms with van der Waals surface area (Å²) in [5.41, 5.74) is 0.407. The smallest absolute Gasteiger partial charge is 0.308 e. The molecule has 1 amide bonds. The minimum absolute atomic E-state index is 0.173. The molecule has 20 heavy (non-hydrogen) atoms. The van der Waals surface area contributed by atoms with E-state index in [1.54, 1.807) is 21.6 Å². The lowest BCUT2D eigenvalue weighted by molar-refractivity contribution is -0.141. The number of thiazole rings is 1. The molecular weight excluding hydrogens is 296 g/mol. The van der Waals surface area contributed by atoms with Crippen LogP contribution in [0.25, 0.3) is 9.88 Å². The number of carbonyl (C=O) groups excluding carboxylic acids is 1. The Balaban J connectivity index is 1.74. The van der Waals surface area contributed by atoms with Crippen LogP contribution in [0.5, 0.6) is 0 Å². The van der Waals surface area contributed by atoms with Crippen molar-refractivity contribution >= 4 is 34.6 Å². The Morgan fingerprint density at radius 1 is 1.40 bits per heavy atom. The van der Waals surface area contributed by atoms with Crippen LogP contribution in [0.1, 0.15) is 16.9 Å². The summed E-state index contributed by atoms with van der Waals surface area (Å²) < 4.78 is 0. The maximum absolute atomic E-state index is 12.3. The van der Waals surface area contributed by atoms with Crippen LogP contribution in [-0.4, -0.2) is 40.0 Å². The molecule has 104 valence electrons. The first-order valence-electron chi connectivity index (χ1n) is 6.16. The van der Waals surface area contributed by atoms with Crippen LogP contribution in [0, 0.1) is 5.92 Å². The van der Waals surface area contributed by atoms with Crippen molar-refractivity contribution in [3.05, 3.63) is 28.6 Å². The van der Waals surface area contributed by atoms with E-state index in [0.29, 0.717) is 18.7 Å². The molecular formula is C13H12N2O3S2. The molecule has 1 aliphatic heterocycles. The lowest BCUT2D eigenvalue weighted by Crippen LogP contribution is -2.30. The first kappa shape index (κ1) is 13.3. The van der Waals surface area contributed by atoms with E-state index >= 15 is 0 Å². The van der Waals surface area contributed by atoms with E-state index in [4.69, 9.17) is 5.11 Å². The van der Waals surface area contributed by atoms with Gasteiger partial charge in [-0.3, -0.25) is 9.59 Å². The van der Waals surface area contributed by atoms with Gasteiger partial charge in [0.25, 0.3) is 5.91 Å². The first-order valence-corrected chi connectivity index (χ1v) is 7.92. The van der Waals surface area contributed by atoms with Gasteiger partial charge in [0.15, 0.2) is 0 Å². The Hall–Kier alpha value is -1.73. The zero-order chi connectivity index (χ0) is 14.1. The molecule has 2 aromatic rings. The standard InChI is InChI=1S/C13H12N2O3S2/c16-12(15-4-3-8(6-15)13(17)18)9-7-20-11(14-9)10-2-1-5-19-10/h1-2,5,7-8H,3-4,6H2,(H,17,18). The second-order valence-electron chi connectivity index (χ2n) is 4.59. The predicted octanol–water partition coefficient (Wildman–Crippen LogP) is 2.42. The van der Waals surface area contributed by atoms with Crippen LogP contribution in [0.3, 0.4) is 0 Å². The highest BCUT2D eigenvalue weighted by atomic mass is 32.1. The third-order valence-corrected chi connectivity index (χ3v) is 5.16. The molecule has 0 saturated carbocycles.